The predicted octanol–water partition coefficient (Wildman–Crippen LogP) is 4.28. The molecule has 17 heavy (non-hydrogen) atoms. The van der Waals surface area contributed by atoms with Gasteiger partial charge in [-0.25, -0.2) is 4.79 Å². The van der Waals surface area contributed by atoms with Gasteiger partial charge >= 0.3 is 6.03 Å². The zero-order chi connectivity index (χ0) is 12.3. The minimum Gasteiger partial charge on any atom is -0.335 e. The zero-order valence-electron chi connectivity index (χ0n) is 9.30. The van der Waals surface area contributed by atoms with E-state index in [9.17, 15) is 4.79 Å². The first-order valence-corrected chi connectivity index (χ1v) is 7.26. The van der Waals surface area contributed by atoms with E-state index >= 15 is 0 Å². The lowest BCUT2D eigenvalue weighted by Crippen LogP contribution is -2.36. The summed E-state index contributed by atoms with van der Waals surface area (Å²) in [4.78, 5) is 11.8. The van der Waals surface area contributed by atoms with Crippen LogP contribution in [0.1, 0.15) is 25.7 Å². The van der Waals surface area contributed by atoms with E-state index in [1.165, 1.54) is 12.8 Å². The molecule has 2 rings (SSSR count). The lowest BCUT2D eigenvalue weighted by atomic mass is 10.2. The Morgan fingerprint density at radius 3 is 2.59 bits per heavy atom. The SMILES string of the molecule is O=C(Nc1ccc(Br)cc1Br)NC1CCCC1. The average Bonchev–Trinajstić information content (AvgIpc) is 2.75. The van der Waals surface area contributed by atoms with Gasteiger partial charge in [0, 0.05) is 15.0 Å². The van der Waals surface area contributed by atoms with E-state index in [2.05, 4.69) is 42.5 Å². The van der Waals surface area contributed by atoms with Gasteiger partial charge < -0.3 is 10.6 Å². The van der Waals surface area contributed by atoms with Crippen LogP contribution in [0.5, 0.6) is 0 Å². The van der Waals surface area contributed by atoms with Gasteiger partial charge in [0.1, 0.15) is 0 Å². The van der Waals surface area contributed by atoms with E-state index in [1.54, 1.807) is 0 Å². The second-order valence-corrected chi connectivity index (χ2v) is 5.97. The molecule has 1 aromatic rings. The summed E-state index contributed by atoms with van der Waals surface area (Å²) in [6, 6.07) is 5.88. The highest BCUT2D eigenvalue weighted by atomic mass is 79.9. The van der Waals surface area contributed by atoms with Gasteiger partial charge in [-0.2, -0.15) is 0 Å². The molecule has 1 aliphatic rings. The summed E-state index contributed by atoms with van der Waals surface area (Å²) in [5.41, 5.74) is 0.781. The molecule has 3 nitrogen and oxygen atoms in total. The molecule has 0 aliphatic heterocycles. The molecule has 1 aromatic carbocycles. The third-order valence-corrected chi connectivity index (χ3v) is 4.02. The van der Waals surface area contributed by atoms with Crippen molar-refractivity contribution in [2.75, 3.05) is 5.32 Å². The molecule has 2 amide bonds. The molecule has 5 heteroatoms. The number of carbonyl (C=O) groups excluding carboxylic acids is 1. The Bertz CT molecular complexity index is 417. The van der Waals surface area contributed by atoms with E-state index in [-0.39, 0.29) is 6.03 Å². The van der Waals surface area contributed by atoms with Crippen LogP contribution >= 0.6 is 31.9 Å². The van der Waals surface area contributed by atoms with Crippen molar-refractivity contribution >= 4 is 43.6 Å². The summed E-state index contributed by atoms with van der Waals surface area (Å²) in [6.45, 7) is 0. The Morgan fingerprint density at radius 1 is 1.24 bits per heavy atom. The Labute approximate surface area is 118 Å². The fourth-order valence-corrected chi connectivity index (χ4v) is 3.15. The fourth-order valence-electron chi connectivity index (χ4n) is 2.00. The molecule has 0 bridgehead atoms. The first kappa shape index (κ1) is 12.9. The Kier molecular flexibility index (Phi) is 4.45. The van der Waals surface area contributed by atoms with Crippen molar-refractivity contribution in [1.82, 2.24) is 5.32 Å². The smallest absolute Gasteiger partial charge is 0.319 e. The van der Waals surface area contributed by atoms with Crippen LogP contribution in [0.2, 0.25) is 0 Å². The van der Waals surface area contributed by atoms with Crippen LogP contribution in [0, 0.1) is 0 Å². The quantitative estimate of drug-likeness (QED) is 0.811. The molecule has 1 aliphatic carbocycles. The number of anilines is 1. The molecule has 0 radical (unpaired) electrons. The number of urea groups is 1. The van der Waals surface area contributed by atoms with Crippen LogP contribution in [0.4, 0.5) is 10.5 Å². The van der Waals surface area contributed by atoms with E-state index in [0.29, 0.717) is 6.04 Å². The lowest BCUT2D eigenvalue weighted by Gasteiger charge is -2.13. The number of nitrogens with one attached hydrogen (secondary N) is 2. The van der Waals surface area contributed by atoms with Gasteiger partial charge in [-0.15, -0.1) is 0 Å². The molecular formula is C12H14Br2N2O. The number of hydrogen-bond acceptors (Lipinski definition) is 1. The molecule has 0 aromatic heterocycles. The first-order valence-electron chi connectivity index (χ1n) is 5.68. The van der Waals surface area contributed by atoms with Gasteiger partial charge in [-0.1, -0.05) is 28.8 Å². The molecule has 0 unspecified atom stereocenters. The number of halogens is 2. The molecule has 1 fully saturated rings. The summed E-state index contributed by atoms with van der Waals surface area (Å²) >= 11 is 6.79. The monoisotopic (exact) mass is 360 g/mol. The molecule has 92 valence electrons. The molecule has 0 atom stereocenters. The van der Waals surface area contributed by atoms with Gasteiger partial charge in [0.05, 0.1) is 5.69 Å². The van der Waals surface area contributed by atoms with Crippen LogP contribution in [-0.4, -0.2) is 12.1 Å². The van der Waals surface area contributed by atoms with Gasteiger partial charge in [0.2, 0.25) is 0 Å². The fraction of sp³-hybridized carbons (Fsp3) is 0.417. The van der Waals surface area contributed by atoms with Gasteiger partial charge in [0.25, 0.3) is 0 Å². The zero-order valence-corrected chi connectivity index (χ0v) is 12.5. The molecule has 1 saturated carbocycles. The maximum absolute atomic E-state index is 11.8. The molecule has 0 saturated heterocycles. The van der Waals surface area contributed by atoms with E-state index in [0.717, 1.165) is 27.5 Å². The van der Waals surface area contributed by atoms with E-state index in [4.69, 9.17) is 0 Å². The number of benzene rings is 1. The van der Waals surface area contributed by atoms with Crippen LogP contribution in [0.3, 0.4) is 0 Å². The van der Waals surface area contributed by atoms with Crippen LogP contribution in [0.25, 0.3) is 0 Å². The summed E-state index contributed by atoms with van der Waals surface area (Å²) in [7, 11) is 0. The van der Waals surface area contributed by atoms with Crippen molar-refractivity contribution in [2.24, 2.45) is 0 Å². The van der Waals surface area contributed by atoms with E-state index in [1.807, 2.05) is 18.2 Å². The Morgan fingerprint density at radius 2 is 1.94 bits per heavy atom. The van der Waals surface area contributed by atoms with Crippen molar-refractivity contribution in [3.05, 3.63) is 27.1 Å². The normalized spacial score (nSPS) is 15.9. The maximum Gasteiger partial charge on any atom is 0.319 e. The number of carbonyl (C=O) groups is 1. The number of hydrogen-bond donors (Lipinski definition) is 2. The van der Waals surface area contributed by atoms with Crippen molar-refractivity contribution in [2.45, 2.75) is 31.7 Å². The largest absolute Gasteiger partial charge is 0.335 e. The summed E-state index contributed by atoms with van der Waals surface area (Å²) < 4.78 is 1.85. The third-order valence-electron chi connectivity index (χ3n) is 2.87. The van der Waals surface area contributed by atoms with Crippen LogP contribution in [-0.2, 0) is 0 Å². The highest BCUT2D eigenvalue weighted by molar-refractivity contribution is 9.11. The van der Waals surface area contributed by atoms with Crippen LogP contribution in [0.15, 0.2) is 27.1 Å². The lowest BCUT2D eigenvalue weighted by molar-refractivity contribution is 0.248. The number of amides is 2. The maximum atomic E-state index is 11.8. The Balaban J connectivity index is 1.93. The highest BCUT2D eigenvalue weighted by Gasteiger charge is 2.17. The second-order valence-electron chi connectivity index (χ2n) is 4.20. The molecule has 0 heterocycles. The minimum atomic E-state index is -0.125. The second kappa shape index (κ2) is 5.87. The molecular weight excluding hydrogens is 348 g/mol. The summed E-state index contributed by atoms with van der Waals surface area (Å²) in [6.07, 6.45) is 4.61. The van der Waals surface area contributed by atoms with Gasteiger partial charge in [-0.3, -0.25) is 0 Å². The predicted molar refractivity (Wildman–Crippen MR) is 76.3 cm³/mol. The van der Waals surface area contributed by atoms with E-state index < -0.39 is 0 Å². The van der Waals surface area contributed by atoms with Crippen molar-refractivity contribution < 1.29 is 4.79 Å². The highest BCUT2D eigenvalue weighted by Crippen LogP contribution is 2.26. The van der Waals surface area contributed by atoms with Crippen molar-refractivity contribution in [1.29, 1.82) is 0 Å². The Hall–Kier alpha value is -0.550. The van der Waals surface area contributed by atoms with Crippen LogP contribution < -0.4 is 10.6 Å². The standard InChI is InChI=1S/C12H14Br2N2O/c13-8-5-6-11(10(14)7-8)16-12(17)15-9-3-1-2-4-9/h5-7,9H,1-4H2,(H2,15,16,17). The first-order chi connectivity index (χ1) is 8.15. The van der Waals surface area contributed by atoms with Gasteiger partial charge in [0.15, 0.2) is 0 Å². The van der Waals surface area contributed by atoms with Gasteiger partial charge in [-0.05, 0) is 47.0 Å². The average molecular weight is 362 g/mol. The van der Waals surface area contributed by atoms with Crippen molar-refractivity contribution in [3.63, 3.8) is 0 Å². The number of rotatable bonds is 2. The third kappa shape index (κ3) is 3.71. The topological polar surface area (TPSA) is 41.1 Å². The van der Waals surface area contributed by atoms with Crippen molar-refractivity contribution in [3.8, 4) is 0 Å². The summed E-state index contributed by atoms with van der Waals surface area (Å²) in [5, 5.41) is 5.83. The molecule has 2 N–H and O–H groups in total. The minimum absolute atomic E-state index is 0.125. The summed E-state index contributed by atoms with van der Waals surface area (Å²) in [5.74, 6) is 0. The molecule has 0 spiro atoms.